The molecule has 17 heavy (non-hydrogen) atoms. The molecule has 0 aromatic rings. The predicted molar refractivity (Wildman–Crippen MR) is 67.6 cm³/mol. The summed E-state index contributed by atoms with van der Waals surface area (Å²) >= 11 is 0. The largest absolute Gasteiger partial charge is 0.480 e. The van der Waals surface area contributed by atoms with Crippen LogP contribution in [0.25, 0.3) is 0 Å². The minimum Gasteiger partial charge on any atom is -0.480 e. The van der Waals surface area contributed by atoms with E-state index >= 15 is 0 Å². The zero-order valence-electron chi connectivity index (χ0n) is 11.3. The highest BCUT2D eigenvalue weighted by atomic mass is 16.4. The van der Waals surface area contributed by atoms with Gasteiger partial charge in [0.2, 0.25) is 0 Å². The molecule has 0 aliphatic carbocycles. The second-order valence-corrected chi connectivity index (χ2v) is 5.37. The molecular formula is C13H24N2O2. The molecule has 0 radical (unpaired) electrons. The second kappa shape index (κ2) is 6.61. The monoisotopic (exact) mass is 240 g/mol. The Morgan fingerprint density at radius 3 is 2.35 bits per heavy atom. The minimum absolute atomic E-state index is 0.277. The molecule has 0 aliphatic rings. The van der Waals surface area contributed by atoms with Gasteiger partial charge in [0.05, 0.1) is 11.5 Å². The van der Waals surface area contributed by atoms with Crippen molar-refractivity contribution in [3.05, 3.63) is 0 Å². The predicted octanol–water partition coefficient (Wildman–Crippen LogP) is 2.55. The number of nitrogens with zero attached hydrogens (tertiary/aromatic N) is 1. The maximum absolute atomic E-state index is 11.0. The van der Waals surface area contributed by atoms with Gasteiger partial charge in [0, 0.05) is 0 Å². The van der Waals surface area contributed by atoms with Crippen molar-refractivity contribution in [2.24, 2.45) is 5.41 Å². The fourth-order valence-electron chi connectivity index (χ4n) is 1.46. The number of rotatable bonds is 8. The number of unbranched alkanes of at least 4 members (excludes halogenated alkanes) is 1. The number of carboxylic acid groups (broad SMARTS) is 1. The van der Waals surface area contributed by atoms with Crippen molar-refractivity contribution in [3.8, 4) is 6.07 Å². The Bertz CT molecular complexity index is 294. The number of carbonyl (C=O) groups is 1. The Balaban J connectivity index is 3.86. The van der Waals surface area contributed by atoms with Gasteiger partial charge in [-0.1, -0.05) is 13.3 Å². The first kappa shape index (κ1) is 15.9. The quantitative estimate of drug-likeness (QED) is 0.639. The van der Waals surface area contributed by atoms with E-state index in [0.29, 0.717) is 13.0 Å². The van der Waals surface area contributed by atoms with Gasteiger partial charge in [-0.15, -0.1) is 0 Å². The van der Waals surface area contributed by atoms with E-state index in [0.717, 1.165) is 19.3 Å². The van der Waals surface area contributed by atoms with Crippen LogP contribution < -0.4 is 5.32 Å². The van der Waals surface area contributed by atoms with Crippen molar-refractivity contribution in [3.63, 3.8) is 0 Å². The van der Waals surface area contributed by atoms with Gasteiger partial charge >= 0.3 is 5.97 Å². The highest BCUT2D eigenvalue weighted by molar-refractivity contribution is 5.78. The van der Waals surface area contributed by atoms with Crippen molar-refractivity contribution in [1.29, 1.82) is 5.26 Å². The van der Waals surface area contributed by atoms with E-state index in [1.54, 1.807) is 6.92 Å². The van der Waals surface area contributed by atoms with Crippen LogP contribution in [0.5, 0.6) is 0 Å². The van der Waals surface area contributed by atoms with Gasteiger partial charge in [-0.25, -0.2) is 0 Å². The third kappa shape index (κ3) is 5.69. The molecule has 0 saturated carbocycles. The molecule has 0 fully saturated rings. The lowest BCUT2D eigenvalue weighted by Gasteiger charge is -2.25. The van der Waals surface area contributed by atoms with Crippen molar-refractivity contribution in [2.75, 3.05) is 6.54 Å². The van der Waals surface area contributed by atoms with Gasteiger partial charge in [0.25, 0.3) is 0 Å². The van der Waals surface area contributed by atoms with Crippen LogP contribution in [-0.2, 0) is 4.79 Å². The van der Waals surface area contributed by atoms with Crippen LogP contribution in [0.3, 0.4) is 0 Å². The van der Waals surface area contributed by atoms with Crippen molar-refractivity contribution in [2.45, 2.75) is 58.9 Å². The summed E-state index contributed by atoms with van der Waals surface area (Å²) in [6.45, 7) is 8.09. The third-order valence-electron chi connectivity index (χ3n) is 3.23. The van der Waals surface area contributed by atoms with Gasteiger partial charge < -0.3 is 10.4 Å². The molecule has 2 N–H and O–H groups in total. The van der Waals surface area contributed by atoms with Crippen LogP contribution in [0.2, 0.25) is 0 Å². The van der Waals surface area contributed by atoms with E-state index in [1.165, 1.54) is 0 Å². The summed E-state index contributed by atoms with van der Waals surface area (Å²) in [5, 5.41) is 21.0. The molecule has 0 rings (SSSR count). The minimum atomic E-state index is -0.829. The maximum Gasteiger partial charge on any atom is 0.323 e. The van der Waals surface area contributed by atoms with E-state index in [4.69, 9.17) is 10.4 Å². The summed E-state index contributed by atoms with van der Waals surface area (Å²) in [6, 6.07) is 2.26. The number of hydrogen-bond acceptors (Lipinski definition) is 3. The lowest BCUT2D eigenvalue weighted by Crippen LogP contribution is -2.49. The zero-order chi connectivity index (χ0) is 13.5. The maximum atomic E-state index is 11.0. The second-order valence-electron chi connectivity index (χ2n) is 5.37. The average molecular weight is 240 g/mol. The number of aliphatic carboxylic acids is 1. The summed E-state index contributed by atoms with van der Waals surface area (Å²) in [5.74, 6) is -0.808. The van der Waals surface area contributed by atoms with Crippen LogP contribution in [0.4, 0.5) is 0 Å². The molecule has 0 spiro atoms. The molecule has 0 aromatic carbocycles. The van der Waals surface area contributed by atoms with E-state index < -0.39 is 11.5 Å². The third-order valence-corrected chi connectivity index (χ3v) is 3.23. The lowest BCUT2D eigenvalue weighted by atomic mass is 9.89. The summed E-state index contributed by atoms with van der Waals surface area (Å²) in [6.07, 6.45) is 3.24. The molecule has 0 bridgehead atoms. The first-order valence-corrected chi connectivity index (χ1v) is 6.17. The van der Waals surface area contributed by atoms with Gasteiger partial charge in [0.15, 0.2) is 0 Å². The Morgan fingerprint density at radius 2 is 1.94 bits per heavy atom. The van der Waals surface area contributed by atoms with E-state index in [2.05, 4.69) is 11.4 Å². The molecular weight excluding hydrogens is 216 g/mol. The van der Waals surface area contributed by atoms with Crippen LogP contribution in [0, 0.1) is 16.7 Å². The van der Waals surface area contributed by atoms with Crippen LogP contribution >= 0.6 is 0 Å². The molecule has 0 aromatic heterocycles. The number of nitrogens with one attached hydrogen (secondary N) is 1. The Labute approximate surface area is 104 Å². The van der Waals surface area contributed by atoms with Crippen LogP contribution in [-0.4, -0.2) is 23.2 Å². The molecule has 1 atom stereocenters. The topological polar surface area (TPSA) is 73.1 Å². The van der Waals surface area contributed by atoms with Gasteiger partial charge in [-0.3, -0.25) is 4.79 Å². The van der Waals surface area contributed by atoms with Crippen LogP contribution in [0.15, 0.2) is 0 Å². The van der Waals surface area contributed by atoms with E-state index in [-0.39, 0.29) is 5.41 Å². The smallest absolute Gasteiger partial charge is 0.323 e. The summed E-state index contributed by atoms with van der Waals surface area (Å²) < 4.78 is 0. The molecule has 0 saturated heterocycles. The Hall–Kier alpha value is -1.08. The molecule has 0 aliphatic heterocycles. The van der Waals surface area contributed by atoms with Crippen LogP contribution in [0.1, 0.15) is 53.4 Å². The Morgan fingerprint density at radius 1 is 1.35 bits per heavy atom. The standard InChI is InChI=1S/C13H24N2O2/c1-5-13(4,11(16)17)15-9-7-6-8-12(2,3)10-14/h15H,5-9H2,1-4H3,(H,16,17). The molecule has 0 amide bonds. The summed E-state index contributed by atoms with van der Waals surface area (Å²) in [4.78, 5) is 11.0. The fourth-order valence-corrected chi connectivity index (χ4v) is 1.46. The molecule has 4 heteroatoms. The first-order chi connectivity index (χ1) is 7.77. The molecule has 4 nitrogen and oxygen atoms in total. The summed E-state index contributed by atoms with van der Waals surface area (Å²) in [7, 11) is 0. The van der Waals surface area contributed by atoms with Crippen molar-refractivity contribution < 1.29 is 9.90 Å². The highest BCUT2D eigenvalue weighted by Gasteiger charge is 2.29. The van der Waals surface area contributed by atoms with Gasteiger partial charge in [0.1, 0.15) is 5.54 Å². The summed E-state index contributed by atoms with van der Waals surface area (Å²) in [5.41, 5.74) is -1.11. The molecule has 1 unspecified atom stereocenters. The number of hydrogen-bond donors (Lipinski definition) is 2. The van der Waals surface area contributed by atoms with Crippen molar-refractivity contribution in [1.82, 2.24) is 5.32 Å². The SMILES string of the molecule is CCC(C)(NCCCCC(C)(C)C#N)C(=O)O. The van der Waals surface area contributed by atoms with E-state index in [1.807, 2.05) is 20.8 Å². The normalized spacial score (nSPS) is 15.0. The average Bonchev–Trinajstić information content (AvgIpc) is 2.28. The zero-order valence-corrected chi connectivity index (χ0v) is 11.3. The molecule has 0 heterocycles. The number of nitriles is 1. The molecule has 98 valence electrons. The fraction of sp³-hybridized carbons (Fsp3) is 0.846. The van der Waals surface area contributed by atoms with Crippen molar-refractivity contribution >= 4 is 5.97 Å². The number of carboxylic acids is 1. The highest BCUT2D eigenvalue weighted by Crippen LogP contribution is 2.21. The van der Waals surface area contributed by atoms with E-state index in [9.17, 15) is 4.79 Å². The Kier molecular flexibility index (Phi) is 6.19. The first-order valence-electron chi connectivity index (χ1n) is 6.17. The van der Waals surface area contributed by atoms with Gasteiger partial charge in [-0.05, 0) is 46.6 Å². The van der Waals surface area contributed by atoms with Gasteiger partial charge in [-0.2, -0.15) is 5.26 Å². The lowest BCUT2D eigenvalue weighted by molar-refractivity contribution is -0.144.